The number of fused-ring (bicyclic) bond motifs is 1. The molecule has 1 heterocycles. The number of hydrogen-bond acceptors (Lipinski definition) is 2. The molecule has 0 aliphatic heterocycles. The van der Waals surface area contributed by atoms with Gasteiger partial charge in [-0.3, -0.25) is 4.79 Å². The standard InChI is InChI=1S/C19H21BrN2O2.C4H10.C2H6/c1-5-13(19(21)23)8-7-12(3)18-17(20)15-10-9-14(24-6-2)11-16(15)22(18)4;1-3-4-2;1-2/h5,7-11H,1,6H2,2-4H3,(H2,21,23);3-4H2,1-2H3;1-2H3/b12-7+,13-8+;;. The third-order valence-corrected chi connectivity index (χ3v) is 5.11. The average Bonchev–Trinajstić information content (AvgIpc) is 3.00. The van der Waals surface area contributed by atoms with E-state index < -0.39 is 5.91 Å². The number of hydrogen-bond donors (Lipinski definition) is 1. The number of primary amides is 1. The van der Waals surface area contributed by atoms with Gasteiger partial charge in [-0.1, -0.05) is 59.3 Å². The fraction of sp³-hybridized carbons (Fsp3) is 0.400. The summed E-state index contributed by atoms with van der Waals surface area (Å²) >= 11 is 3.68. The fourth-order valence-corrected chi connectivity index (χ4v) is 3.52. The molecule has 0 fully saturated rings. The second-order valence-corrected chi connectivity index (χ2v) is 7.17. The van der Waals surface area contributed by atoms with E-state index in [4.69, 9.17) is 10.5 Å². The number of ether oxygens (including phenoxy) is 1. The van der Waals surface area contributed by atoms with Crippen molar-refractivity contribution < 1.29 is 9.53 Å². The number of nitrogens with two attached hydrogens (primary N) is 1. The first-order valence-electron chi connectivity index (χ1n) is 10.5. The minimum Gasteiger partial charge on any atom is -0.494 e. The molecule has 2 aromatic rings. The third-order valence-electron chi connectivity index (χ3n) is 4.31. The smallest absolute Gasteiger partial charge is 0.248 e. The van der Waals surface area contributed by atoms with Crippen LogP contribution in [0.5, 0.6) is 5.75 Å². The zero-order chi connectivity index (χ0) is 23.3. The molecule has 0 spiro atoms. The first kappa shape index (κ1) is 27.7. The maximum atomic E-state index is 11.3. The van der Waals surface area contributed by atoms with Crippen molar-refractivity contribution in [3.63, 3.8) is 0 Å². The molecule has 4 nitrogen and oxygen atoms in total. The van der Waals surface area contributed by atoms with Gasteiger partial charge in [0.1, 0.15) is 5.75 Å². The highest BCUT2D eigenvalue weighted by Crippen LogP contribution is 2.36. The van der Waals surface area contributed by atoms with E-state index in [2.05, 4.69) is 40.9 Å². The van der Waals surface area contributed by atoms with Crippen LogP contribution in [-0.4, -0.2) is 17.1 Å². The number of halogens is 1. The SMILES string of the molecule is C=C/C(=C\C=C(/C)c1c(Br)c2ccc(OCC)cc2n1C)C(N)=O.CC.CCCC. The number of nitrogens with zero attached hydrogens (tertiary/aromatic N) is 1. The summed E-state index contributed by atoms with van der Waals surface area (Å²) in [5.41, 5.74) is 8.78. The molecule has 1 amide bonds. The first-order valence-corrected chi connectivity index (χ1v) is 11.3. The van der Waals surface area contributed by atoms with E-state index in [1.54, 1.807) is 6.08 Å². The molecule has 0 unspecified atom stereocenters. The summed E-state index contributed by atoms with van der Waals surface area (Å²) < 4.78 is 8.68. The number of carbonyl (C=O) groups is 1. The van der Waals surface area contributed by atoms with Crippen LogP contribution in [-0.2, 0) is 11.8 Å². The minimum atomic E-state index is -0.494. The van der Waals surface area contributed by atoms with Crippen molar-refractivity contribution in [2.75, 3.05) is 6.61 Å². The molecule has 0 bridgehead atoms. The summed E-state index contributed by atoms with van der Waals surface area (Å²) in [4.78, 5) is 11.3. The molecule has 5 heteroatoms. The van der Waals surface area contributed by atoms with Crippen molar-refractivity contribution in [2.45, 2.75) is 54.4 Å². The molecule has 0 aliphatic carbocycles. The van der Waals surface area contributed by atoms with Gasteiger partial charge in [-0.25, -0.2) is 0 Å². The lowest BCUT2D eigenvalue weighted by Gasteiger charge is -2.06. The van der Waals surface area contributed by atoms with E-state index in [0.29, 0.717) is 12.2 Å². The van der Waals surface area contributed by atoms with Gasteiger partial charge < -0.3 is 15.0 Å². The molecule has 2 rings (SSSR count). The molecule has 30 heavy (non-hydrogen) atoms. The summed E-state index contributed by atoms with van der Waals surface area (Å²) in [6, 6.07) is 6.02. The van der Waals surface area contributed by atoms with E-state index in [1.807, 2.05) is 59.0 Å². The molecular weight excluding hydrogens is 440 g/mol. The summed E-state index contributed by atoms with van der Waals surface area (Å²) in [6.07, 6.45) is 7.64. The van der Waals surface area contributed by atoms with Crippen molar-refractivity contribution in [1.82, 2.24) is 4.57 Å². The third kappa shape index (κ3) is 7.52. The molecule has 1 aromatic heterocycles. The van der Waals surface area contributed by atoms with Gasteiger partial charge in [-0.15, -0.1) is 0 Å². The number of aromatic nitrogens is 1. The van der Waals surface area contributed by atoms with E-state index >= 15 is 0 Å². The van der Waals surface area contributed by atoms with Crippen LogP contribution in [0.1, 0.15) is 60.1 Å². The van der Waals surface area contributed by atoms with Crippen LogP contribution in [0.3, 0.4) is 0 Å². The summed E-state index contributed by atoms with van der Waals surface area (Å²) in [6.45, 7) is 16.5. The summed E-state index contributed by atoms with van der Waals surface area (Å²) in [7, 11) is 2.00. The highest BCUT2D eigenvalue weighted by Gasteiger charge is 2.15. The van der Waals surface area contributed by atoms with Gasteiger partial charge >= 0.3 is 0 Å². The Kier molecular flexibility index (Phi) is 13.6. The second kappa shape index (κ2) is 14.7. The number of aryl methyl sites for hydroxylation is 1. The molecule has 0 radical (unpaired) electrons. The highest BCUT2D eigenvalue weighted by atomic mass is 79.9. The lowest BCUT2D eigenvalue weighted by Crippen LogP contribution is -2.11. The van der Waals surface area contributed by atoms with Gasteiger partial charge in [0.05, 0.1) is 22.3 Å². The number of rotatable bonds is 7. The predicted molar refractivity (Wildman–Crippen MR) is 135 cm³/mol. The lowest BCUT2D eigenvalue weighted by atomic mass is 10.1. The number of unbranched alkanes of at least 4 members (excludes halogenated alkanes) is 1. The van der Waals surface area contributed by atoms with Crippen LogP contribution in [0, 0.1) is 0 Å². The molecule has 0 atom stereocenters. The average molecular weight is 477 g/mol. The van der Waals surface area contributed by atoms with Crippen molar-refractivity contribution >= 4 is 38.3 Å². The Balaban J connectivity index is 0.00000125. The van der Waals surface area contributed by atoms with E-state index in [1.165, 1.54) is 18.9 Å². The van der Waals surface area contributed by atoms with Gasteiger partial charge in [0.2, 0.25) is 5.91 Å². The summed E-state index contributed by atoms with van der Waals surface area (Å²) in [5.74, 6) is 0.348. The first-order chi connectivity index (χ1) is 14.3. The Morgan fingerprint density at radius 1 is 1.20 bits per heavy atom. The topological polar surface area (TPSA) is 57.2 Å². The maximum Gasteiger partial charge on any atom is 0.248 e. The van der Waals surface area contributed by atoms with Gasteiger partial charge in [0, 0.05) is 24.1 Å². The number of benzene rings is 1. The van der Waals surface area contributed by atoms with Crippen LogP contribution in [0.25, 0.3) is 16.5 Å². The lowest BCUT2D eigenvalue weighted by molar-refractivity contribution is -0.114. The maximum absolute atomic E-state index is 11.3. The van der Waals surface area contributed by atoms with Crippen LogP contribution in [0.2, 0.25) is 0 Å². The Labute approximate surface area is 190 Å². The van der Waals surface area contributed by atoms with E-state index in [-0.39, 0.29) is 0 Å². The van der Waals surface area contributed by atoms with Crippen LogP contribution in [0.15, 0.2) is 53.1 Å². The van der Waals surface area contributed by atoms with E-state index in [0.717, 1.165) is 32.4 Å². The number of amides is 1. The zero-order valence-corrected chi connectivity index (χ0v) is 21.1. The van der Waals surface area contributed by atoms with Gasteiger partial charge in [0.15, 0.2) is 0 Å². The van der Waals surface area contributed by atoms with Crippen LogP contribution < -0.4 is 10.5 Å². The summed E-state index contributed by atoms with van der Waals surface area (Å²) in [5, 5.41) is 1.10. The minimum absolute atomic E-state index is 0.378. The van der Waals surface area contributed by atoms with Gasteiger partial charge in [0.25, 0.3) is 0 Å². The largest absolute Gasteiger partial charge is 0.494 e. The highest BCUT2D eigenvalue weighted by molar-refractivity contribution is 9.10. The number of carbonyl (C=O) groups excluding carboxylic acids is 1. The van der Waals surface area contributed by atoms with Gasteiger partial charge in [-0.05, 0) is 53.6 Å². The van der Waals surface area contributed by atoms with Crippen molar-refractivity contribution in [2.24, 2.45) is 12.8 Å². The monoisotopic (exact) mass is 476 g/mol. The molecule has 0 saturated carbocycles. The molecule has 1 aromatic carbocycles. The quantitative estimate of drug-likeness (QED) is 0.339. The molecule has 0 saturated heterocycles. The van der Waals surface area contributed by atoms with Gasteiger partial charge in [-0.2, -0.15) is 0 Å². The van der Waals surface area contributed by atoms with Crippen LogP contribution >= 0.6 is 15.9 Å². The van der Waals surface area contributed by atoms with Crippen molar-refractivity contribution in [3.05, 3.63) is 58.7 Å². The molecule has 166 valence electrons. The zero-order valence-electron chi connectivity index (χ0n) is 19.5. The predicted octanol–water partition coefficient (Wildman–Crippen LogP) is 7.17. The molecular formula is C25H37BrN2O2. The Bertz CT molecular complexity index is 890. The Morgan fingerprint density at radius 2 is 1.80 bits per heavy atom. The Morgan fingerprint density at radius 3 is 2.27 bits per heavy atom. The Hall–Kier alpha value is -2.27. The van der Waals surface area contributed by atoms with Crippen molar-refractivity contribution in [3.8, 4) is 5.75 Å². The van der Waals surface area contributed by atoms with Crippen molar-refractivity contribution in [1.29, 1.82) is 0 Å². The fourth-order valence-electron chi connectivity index (χ4n) is 2.61. The molecule has 0 aliphatic rings. The second-order valence-electron chi connectivity index (χ2n) is 6.37. The van der Waals surface area contributed by atoms with Crippen LogP contribution in [0.4, 0.5) is 0 Å². The molecule has 2 N–H and O–H groups in total. The van der Waals surface area contributed by atoms with E-state index in [9.17, 15) is 4.79 Å². The number of allylic oxidation sites excluding steroid dienone is 3. The normalized spacial score (nSPS) is 11.2.